The number of halogens is 3. The number of nitrogens with zero attached hydrogens (tertiary/aromatic N) is 2. The summed E-state index contributed by atoms with van der Waals surface area (Å²) in [7, 11) is 1.43. The molecule has 0 bridgehead atoms. The summed E-state index contributed by atoms with van der Waals surface area (Å²) in [6.45, 7) is 0. The average molecular weight is 285 g/mol. The van der Waals surface area contributed by atoms with E-state index in [4.69, 9.17) is 15.2 Å². The van der Waals surface area contributed by atoms with Crippen molar-refractivity contribution in [2.24, 2.45) is 0 Å². The van der Waals surface area contributed by atoms with Gasteiger partial charge in [-0.25, -0.2) is 0 Å². The van der Waals surface area contributed by atoms with E-state index in [-0.39, 0.29) is 11.6 Å². The topological polar surface area (TPSA) is 70.3 Å². The molecule has 1 aromatic heterocycles. The molecule has 2 rings (SSSR count). The number of aromatic nitrogens is 2. The van der Waals surface area contributed by atoms with Crippen molar-refractivity contribution in [3.8, 4) is 17.4 Å². The number of benzene rings is 1. The number of nitrogen functional groups attached to an aromatic ring is 1. The molecule has 0 aliphatic carbocycles. The van der Waals surface area contributed by atoms with Crippen LogP contribution in [-0.4, -0.2) is 17.3 Å². The molecule has 0 aliphatic rings. The van der Waals surface area contributed by atoms with E-state index in [2.05, 4.69) is 10.2 Å². The Morgan fingerprint density at radius 1 is 1.05 bits per heavy atom. The lowest BCUT2D eigenvalue weighted by atomic mass is 10.3. The summed E-state index contributed by atoms with van der Waals surface area (Å²) in [4.78, 5) is 0. The highest BCUT2D eigenvalue weighted by molar-refractivity contribution is 5.52. The van der Waals surface area contributed by atoms with Gasteiger partial charge in [-0.05, 0) is 18.2 Å². The molecule has 8 heteroatoms. The molecule has 0 atom stereocenters. The van der Waals surface area contributed by atoms with E-state index in [9.17, 15) is 13.2 Å². The molecule has 0 saturated heterocycles. The van der Waals surface area contributed by atoms with Crippen LogP contribution in [0, 0.1) is 0 Å². The zero-order chi connectivity index (χ0) is 14.8. The fourth-order valence-corrected chi connectivity index (χ4v) is 1.41. The van der Waals surface area contributed by atoms with Gasteiger partial charge in [-0.1, -0.05) is 0 Å². The van der Waals surface area contributed by atoms with E-state index in [1.807, 2.05) is 0 Å². The van der Waals surface area contributed by atoms with E-state index >= 15 is 0 Å². The van der Waals surface area contributed by atoms with Crippen molar-refractivity contribution in [3.63, 3.8) is 0 Å². The van der Waals surface area contributed by atoms with Crippen LogP contribution in [0.1, 0.15) is 5.69 Å². The second kappa shape index (κ2) is 5.24. The third-order valence-electron chi connectivity index (χ3n) is 2.33. The predicted molar refractivity (Wildman–Crippen MR) is 64.5 cm³/mol. The maximum atomic E-state index is 12.3. The van der Waals surface area contributed by atoms with Crippen molar-refractivity contribution in [3.05, 3.63) is 36.0 Å². The monoisotopic (exact) mass is 285 g/mol. The van der Waals surface area contributed by atoms with Gasteiger partial charge in [0.2, 0.25) is 5.88 Å². The molecule has 20 heavy (non-hydrogen) atoms. The maximum Gasteiger partial charge on any atom is 0.435 e. The summed E-state index contributed by atoms with van der Waals surface area (Å²) in [6.07, 6.45) is -4.54. The van der Waals surface area contributed by atoms with Crippen molar-refractivity contribution in [2.45, 2.75) is 6.18 Å². The minimum Gasteiger partial charge on any atom is -0.493 e. The van der Waals surface area contributed by atoms with Gasteiger partial charge in [0.25, 0.3) is 0 Å². The number of ether oxygens (including phenoxy) is 2. The van der Waals surface area contributed by atoms with Gasteiger partial charge >= 0.3 is 6.18 Å². The number of rotatable bonds is 3. The number of alkyl halides is 3. The molecule has 0 radical (unpaired) electrons. The smallest absolute Gasteiger partial charge is 0.435 e. The summed E-state index contributed by atoms with van der Waals surface area (Å²) >= 11 is 0. The first-order valence-corrected chi connectivity index (χ1v) is 5.42. The molecule has 5 nitrogen and oxygen atoms in total. The van der Waals surface area contributed by atoms with Crippen LogP contribution < -0.4 is 15.2 Å². The number of methoxy groups -OCH3 is 1. The quantitative estimate of drug-likeness (QED) is 0.878. The molecule has 0 saturated carbocycles. The number of nitrogens with two attached hydrogens (primary N) is 1. The lowest BCUT2D eigenvalue weighted by Crippen LogP contribution is -2.08. The van der Waals surface area contributed by atoms with Gasteiger partial charge in [0.15, 0.2) is 17.2 Å². The van der Waals surface area contributed by atoms with E-state index in [1.54, 1.807) is 12.1 Å². The Hall–Kier alpha value is -2.51. The number of anilines is 1. The van der Waals surface area contributed by atoms with E-state index in [1.165, 1.54) is 13.2 Å². The predicted octanol–water partition coefficient (Wildman–Crippen LogP) is 2.88. The van der Waals surface area contributed by atoms with E-state index in [0.717, 1.165) is 12.1 Å². The fraction of sp³-hybridized carbons (Fsp3) is 0.167. The van der Waals surface area contributed by atoms with Gasteiger partial charge in [0.05, 0.1) is 7.11 Å². The van der Waals surface area contributed by atoms with Crippen molar-refractivity contribution < 1.29 is 22.6 Å². The molecule has 0 spiro atoms. The molecule has 106 valence electrons. The number of hydrogen-bond acceptors (Lipinski definition) is 5. The fourth-order valence-electron chi connectivity index (χ4n) is 1.41. The minimum atomic E-state index is -4.54. The third kappa shape index (κ3) is 3.08. The highest BCUT2D eigenvalue weighted by Gasteiger charge is 2.33. The van der Waals surface area contributed by atoms with Crippen LogP contribution >= 0.6 is 0 Å². The molecular weight excluding hydrogens is 275 g/mol. The summed E-state index contributed by atoms with van der Waals surface area (Å²) < 4.78 is 47.4. The number of hydrogen-bond donors (Lipinski definition) is 1. The Morgan fingerprint density at radius 2 is 1.80 bits per heavy atom. The Balaban J connectivity index is 2.24. The SMILES string of the molecule is COc1ccc(N)cc1Oc1ccc(C(F)(F)F)nn1. The van der Waals surface area contributed by atoms with Gasteiger partial charge in [-0.2, -0.15) is 13.2 Å². The molecule has 2 aromatic rings. The summed E-state index contributed by atoms with van der Waals surface area (Å²) in [5.41, 5.74) is 4.92. The second-order valence-corrected chi connectivity index (χ2v) is 3.77. The lowest BCUT2D eigenvalue weighted by Gasteiger charge is -2.10. The first-order valence-electron chi connectivity index (χ1n) is 5.42. The zero-order valence-corrected chi connectivity index (χ0v) is 10.3. The van der Waals surface area contributed by atoms with Crippen LogP contribution in [0.25, 0.3) is 0 Å². The van der Waals surface area contributed by atoms with Crippen LogP contribution in [0.5, 0.6) is 17.4 Å². The third-order valence-corrected chi connectivity index (χ3v) is 2.33. The maximum absolute atomic E-state index is 12.3. The Labute approximate surface area is 112 Å². The average Bonchev–Trinajstić information content (AvgIpc) is 2.38. The largest absolute Gasteiger partial charge is 0.493 e. The van der Waals surface area contributed by atoms with Gasteiger partial charge < -0.3 is 15.2 Å². The van der Waals surface area contributed by atoms with Crippen molar-refractivity contribution in [1.29, 1.82) is 0 Å². The van der Waals surface area contributed by atoms with E-state index < -0.39 is 11.9 Å². The Kier molecular flexibility index (Phi) is 3.64. The van der Waals surface area contributed by atoms with Crippen LogP contribution in [0.3, 0.4) is 0 Å². The lowest BCUT2D eigenvalue weighted by molar-refractivity contribution is -0.141. The van der Waals surface area contributed by atoms with Crippen molar-refractivity contribution in [2.75, 3.05) is 12.8 Å². The standard InChI is InChI=1S/C12H10F3N3O2/c1-19-8-3-2-7(16)6-9(8)20-11-5-4-10(17-18-11)12(13,14)15/h2-6H,16H2,1H3. The second-order valence-electron chi connectivity index (χ2n) is 3.77. The van der Waals surface area contributed by atoms with Crippen LogP contribution in [0.2, 0.25) is 0 Å². The summed E-state index contributed by atoms with van der Waals surface area (Å²) in [5.74, 6) is 0.518. The molecule has 2 N–H and O–H groups in total. The van der Waals surface area contributed by atoms with E-state index in [0.29, 0.717) is 11.4 Å². The molecule has 1 aromatic carbocycles. The first kappa shape index (κ1) is 13.9. The van der Waals surface area contributed by atoms with Crippen molar-refractivity contribution in [1.82, 2.24) is 10.2 Å². The summed E-state index contributed by atoms with van der Waals surface area (Å²) in [5, 5.41) is 6.41. The van der Waals surface area contributed by atoms with Crippen LogP contribution in [0.15, 0.2) is 30.3 Å². The highest BCUT2D eigenvalue weighted by atomic mass is 19.4. The highest BCUT2D eigenvalue weighted by Crippen LogP contribution is 2.33. The zero-order valence-electron chi connectivity index (χ0n) is 10.3. The molecule has 1 heterocycles. The Morgan fingerprint density at radius 3 is 2.35 bits per heavy atom. The van der Waals surface area contributed by atoms with Crippen molar-refractivity contribution >= 4 is 5.69 Å². The molecule has 0 aliphatic heterocycles. The summed E-state index contributed by atoms with van der Waals surface area (Å²) in [6, 6.07) is 6.49. The van der Waals surface area contributed by atoms with Gasteiger partial charge in [0.1, 0.15) is 0 Å². The molecule has 0 fully saturated rings. The first-order chi connectivity index (χ1) is 9.40. The van der Waals surface area contributed by atoms with Gasteiger partial charge in [0, 0.05) is 17.8 Å². The van der Waals surface area contributed by atoms with Gasteiger partial charge in [-0.15, -0.1) is 10.2 Å². The van der Waals surface area contributed by atoms with Gasteiger partial charge in [-0.3, -0.25) is 0 Å². The molecule has 0 amide bonds. The Bertz CT molecular complexity index is 600. The molecular formula is C12H10F3N3O2. The van der Waals surface area contributed by atoms with Crippen LogP contribution in [0.4, 0.5) is 18.9 Å². The normalized spacial score (nSPS) is 11.2. The van der Waals surface area contributed by atoms with Crippen LogP contribution in [-0.2, 0) is 6.18 Å². The minimum absolute atomic E-state index is 0.0955. The molecule has 0 unspecified atom stereocenters.